The van der Waals surface area contributed by atoms with Crippen LogP contribution in [0.1, 0.15) is 56.3 Å². The maximum atomic E-state index is 13.4. The van der Waals surface area contributed by atoms with Gasteiger partial charge in [0, 0.05) is 35.6 Å². The van der Waals surface area contributed by atoms with E-state index in [4.69, 9.17) is 0 Å². The van der Waals surface area contributed by atoms with Crippen LogP contribution in [-0.2, 0) is 11.2 Å². The summed E-state index contributed by atoms with van der Waals surface area (Å²) < 4.78 is 27.5. The predicted molar refractivity (Wildman–Crippen MR) is 114 cm³/mol. The molecule has 0 saturated heterocycles. The Kier molecular flexibility index (Phi) is 5.39. The number of halogens is 2. The molecule has 3 aromatic rings. The SMILES string of the molecule is CCN1[C@H](C)Cc2c(sc(NC(C)=O)c2-c2nc3c(C(F)F)nccc3s2)[C@H]1C. The molecule has 154 valence electrons. The van der Waals surface area contributed by atoms with Crippen molar-refractivity contribution in [3.8, 4) is 10.6 Å². The van der Waals surface area contributed by atoms with Crippen LogP contribution in [0.4, 0.5) is 13.8 Å². The number of alkyl halides is 2. The fourth-order valence-corrected chi connectivity index (χ4v) is 6.63. The third-order valence-electron chi connectivity index (χ3n) is 5.39. The van der Waals surface area contributed by atoms with Gasteiger partial charge in [0.05, 0.1) is 4.70 Å². The van der Waals surface area contributed by atoms with Gasteiger partial charge in [-0.25, -0.2) is 13.8 Å². The van der Waals surface area contributed by atoms with Crippen LogP contribution in [0.2, 0.25) is 0 Å². The van der Waals surface area contributed by atoms with Crippen LogP contribution in [0, 0.1) is 0 Å². The minimum atomic E-state index is -2.68. The summed E-state index contributed by atoms with van der Waals surface area (Å²) in [6, 6.07) is 2.27. The fraction of sp³-hybridized carbons (Fsp3) is 0.450. The first-order valence-electron chi connectivity index (χ1n) is 9.54. The van der Waals surface area contributed by atoms with Gasteiger partial charge in [0.2, 0.25) is 5.91 Å². The van der Waals surface area contributed by atoms with Crippen molar-refractivity contribution in [1.29, 1.82) is 0 Å². The van der Waals surface area contributed by atoms with Crippen LogP contribution in [0.3, 0.4) is 0 Å². The van der Waals surface area contributed by atoms with E-state index < -0.39 is 6.43 Å². The number of likely N-dealkylation sites (N-methyl/N-ethyl adjacent to an activating group) is 1. The van der Waals surface area contributed by atoms with Crippen molar-refractivity contribution in [3.05, 3.63) is 28.4 Å². The summed E-state index contributed by atoms with van der Waals surface area (Å²) >= 11 is 2.93. The van der Waals surface area contributed by atoms with Crippen LogP contribution in [-0.4, -0.2) is 33.4 Å². The number of aromatic nitrogens is 2. The highest BCUT2D eigenvalue weighted by atomic mass is 32.1. The largest absolute Gasteiger partial charge is 0.317 e. The lowest BCUT2D eigenvalue weighted by Gasteiger charge is -2.38. The molecular formula is C20H22F2N4OS2. The zero-order valence-corrected chi connectivity index (χ0v) is 18.3. The highest BCUT2D eigenvalue weighted by Crippen LogP contribution is 2.49. The first-order valence-corrected chi connectivity index (χ1v) is 11.2. The number of amides is 1. The lowest BCUT2D eigenvalue weighted by atomic mass is 9.93. The van der Waals surface area contributed by atoms with Crippen LogP contribution >= 0.6 is 22.7 Å². The van der Waals surface area contributed by atoms with Gasteiger partial charge in [-0.1, -0.05) is 6.92 Å². The number of nitrogens with one attached hydrogen (secondary N) is 1. The lowest BCUT2D eigenvalue weighted by molar-refractivity contribution is -0.114. The van der Waals surface area contributed by atoms with Gasteiger partial charge < -0.3 is 5.32 Å². The van der Waals surface area contributed by atoms with Gasteiger partial charge in [-0.2, -0.15) is 0 Å². The normalized spacial score (nSPS) is 19.7. The summed E-state index contributed by atoms with van der Waals surface area (Å²) in [7, 11) is 0. The molecule has 1 aliphatic rings. The molecule has 0 aromatic carbocycles. The highest BCUT2D eigenvalue weighted by Gasteiger charge is 2.34. The monoisotopic (exact) mass is 436 g/mol. The van der Waals surface area contributed by atoms with Crippen molar-refractivity contribution < 1.29 is 13.6 Å². The number of thiophene rings is 1. The molecule has 1 amide bonds. The fourth-order valence-electron chi connectivity index (χ4n) is 4.17. The predicted octanol–water partition coefficient (Wildman–Crippen LogP) is 5.64. The minimum Gasteiger partial charge on any atom is -0.317 e. The summed E-state index contributed by atoms with van der Waals surface area (Å²) in [5.74, 6) is -0.158. The summed E-state index contributed by atoms with van der Waals surface area (Å²) in [5, 5.41) is 4.34. The summed E-state index contributed by atoms with van der Waals surface area (Å²) in [6.45, 7) is 8.93. The van der Waals surface area contributed by atoms with Crippen LogP contribution in [0.25, 0.3) is 20.8 Å². The van der Waals surface area contributed by atoms with Gasteiger partial charge in [0.1, 0.15) is 21.2 Å². The summed E-state index contributed by atoms with van der Waals surface area (Å²) in [5.41, 5.74) is 1.97. The van der Waals surface area contributed by atoms with Crippen molar-refractivity contribution in [1.82, 2.24) is 14.9 Å². The molecule has 4 rings (SSSR count). The van der Waals surface area contributed by atoms with Gasteiger partial charge in [-0.05, 0) is 38.4 Å². The van der Waals surface area contributed by atoms with Crippen LogP contribution < -0.4 is 5.32 Å². The molecule has 2 atom stereocenters. The Morgan fingerprint density at radius 2 is 2.14 bits per heavy atom. The number of carbonyl (C=O) groups excluding carboxylic acids is 1. The first kappa shape index (κ1) is 20.3. The molecule has 1 aliphatic heterocycles. The maximum Gasteiger partial charge on any atom is 0.282 e. The van der Waals surface area contributed by atoms with Crippen molar-refractivity contribution in [2.24, 2.45) is 0 Å². The molecule has 5 nitrogen and oxygen atoms in total. The summed E-state index contributed by atoms with van der Waals surface area (Å²) in [6.07, 6.45) is -0.459. The Balaban J connectivity index is 1.93. The van der Waals surface area contributed by atoms with E-state index in [-0.39, 0.29) is 23.2 Å². The molecule has 1 N–H and O–H groups in total. The second-order valence-electron chi connectivity index (χ2n) is 7.25. The average molecular weight is 437 g/mol. The topological polar surface area (TPSA) is 58.1 Å². The molecule has 29 heavy (non-hydrogen) atoms. The molecule has 3 aromatic heterocycles. The van der Waals surface area contributed by atoms with Gasteiger partial charge in [-0.3, -0.25) is 14.7 Å². The molecule has 0 radical (unpaired) electrons. The molecule has 0 saturated carbocycles. The number of nitrogens with zero attached hydrogens (tertiary/aromatic N) is 3. The third-order valence-corrected chi connectivity index (χ3v) is 7.75. The zero-order chi connectivity index (χ0) is 20.9. The second kappa shape index (κ2) is 7.70. The van der Waals surface area contributed by atoms with E-state index in [2.05, 4.69) is 41.0 Å². The number of rotatable bonds is 4. The smallest absolute Gasteiger partial charge is 0.282 e. The van der Waals surface area contributed by atoms with Crippen LogP contribution in [0.5, 0.6) is 0 Å². The minimum absolute atomic E-state index is 0.158. The molecule has 0 unspecified atom stereocenters. The number of hydrogen-bond acceptors (Lipinski definition) is 6. The number of pyridine rings is 1. The van der Waals surface area contributed by atoms with Crippen LogP contribution in [0.15, 0.2) is 12.3 Å². The van der Waals surface area contributed by atoms with Gasteiger partial charge in [0.25, 0.3) is 6.43 Å². The number of hydrogen-bond donors (Lipinski definition) is 1. The molecule has 0 bridgehead atoms. The number of carbonyl (C=O) groups is 1. The standard InChI is InChI=1S/C20H22F2N4OS2/c1-5-26-9(2)8-12-14(19(24-11(4)27)29-17(12)10(26)3)20-25-15-13(28-20)6-7-23-16(15)18(21)22/h6-7,9-10,18H,5,8H2,1-4H3,(H,24,27)/t9-,10-/m1/s1. The Bertz CT molecular complexity index is 1080. The van der Waals surface area contributed by atoms with E-state index in [1.165, 1.54) is 29.3 Å². The number of thiazole rings is 1. The Hall–Kier alpha value is -1.97. The number of anilines is 1. The van der Waals surface area contributed by atoms with E-state index >= 15 is 0 Å². The van der Waals surface area contributed by atoms with Gasteiger partial charge >= 0.3 is 0 Å². The second-order valence-corrected chi connectivity index (χ2v) is 9.34. The molecule has 9 heteroatoms. The molecular weight excluding hydrogens is 414 g/mol. The molecule has 0 fully saturated rings. The van der Waals surface area contributed by atoms with Crippen molar-refractivity contribution in [2.45, 2.75) is 52.6 Å². The average Bonchev–Trinajstić information content (AvgIpc) is 3.22. The van der Waals surface area contributed by atoms with E-state index in [1.807, 2.05) is 0 Å². The molecule has 0 spiro atoms. The highest BCUT2D eigenvalue weighted by molar-refractivity contribution is 7.23. The number of fused-ring (bicyclic) bond motifs is 2. The Labute approximate surface area is 175 Å². The van der Waals surface area contributed by atoms with Gasteiger partial charge in [0.15, 0.2) is 0 Å². The Morgan fingerprint density at radius 1 is 1.38 bits per heavy atom. The van der Waals surface area contributed by atoms with E-state index in [9.17, 15) is 13.6 Å². The van der Waals surface area contributed by atoms with E-state index in [0.717, 1.165) is 29.1 Å². The Morgan fingerprint density at radius 3 is 2.79 bits per heavy atom. The van der Waals surface area contributed by atoms with Crippen molar-refractivity contribution in [3.63, 3.8) is 0 Å². The van der Waals surface area contributed by atoms with Crippen molar-refractivity contribution in [2.75, 3.05) is 11.9 Å². The zero-order valence-electron chi connectivity index (χ0n) is 16.6. The van der Waals surface area contributed by atoms with Gasteiger partial charge in [-0.15, -0.1) is 22.7 Å². The molecule has 0 aliphatic carbocycles. The van der Waals surface area contributed by atoms with E-state index in [1.54, 1.807) is 17.4 Å². The third kappa shape index (κ3) is 3.45. The maximum absolute atomic E-state index is 13.4. The van der Waals surface area contributed by atoms with Crippen molar-refractivity contribution >= 4 is 43.8 Å². The molecule has 4 heterocycles. The summed E-state index contributed by atoms with van der Waals surface area (Å²) in [4.78, 5) is 23.9. The lowest BCUT2D eigenvalue weighted by Crippen LogP contribution is -2.40. The van der Waals surface area contributed by atoms with E-state index in [0.29, 0.717) is 15.7 Å². The first-order chi connectivity index (χ1) is 13.8. The quantitative estimate of drug-likeness (QED) is 0.575.